The summed E-state index contributed by atoms with van der Waals surface area (Å²) in [5.41, 5.74) is 2.71. The molecule has 2 aliphatic heterocycles. The van der Waals surface area contributed by atoms with Crippen molar-refractivity contribution in [3.8, 4) is 5.75 Å². The normalized spacial score (nSPS) is 20.1. The summed E-state index contributed by atoms with van der Waals surface area (Å²) < 4.78 is 5.45. The number of ether oxygens (including phenoxy) is 1. The smallest absolute Gasteiger partial charge is 0.191 e. The number of likely N-dealkylation sites (tertiary alicyclic amines) is 2. The second kappa shape index (κ2) is 12.8. The molecule has 2 fully saturated rings. The van der Waals surface area contributed by atoms with Crippen LogP contribution in [0.4, 0.5) is 0 Å². The quantitative estimate of drug-likeness (QED) is 0.314. The van der Waals surface area contributed by atoms with Crippen molar-refractivity contribution < 1.29 is 4.74 Å². The fourth-order valence-electron chi connectivity index (χ4n) is 4.82. The van der Waals surface area contributed by atoms with Crippen LogP contribution in [0.25, 0.3) is 0 Å². The Labute approximate surface area is 206 Å². The van der Waals surface area contributed by atoms with E-state index in [0.717, 1.165) is 31.2 Å². The molecule has 6 nitrogen and oxygen atoms in total. The van der Waals surface area contributed by atoms with E-state index in [1.165, 1.54) is 69.4 Å². The second-order valence-electron chi connectivity index (χ2n) is 8.98. The molecule has 3 rings (SSSR count). The molecule has 0 aromatic heterocycles. The number of nitrogens with one attached hydrogen (secondary N) is 2. The number of aryl methyl sites for hydroxylation is 1. The molecule has 1 aromatic carbocycles. The molecule has 2 heterocycles. The number of hydrogen-bond acceptors (Lipinski definition) is 4. The number of benzene rings is 1. The van der Waals surface area contributed by atoms with Gasteiger partial charge in [0.25, 0.3) is 0 Å². The van der Waals surface area contributed by atoms with Gasteiger partial charge in [0, 0.05) is 25.7 Å². The van der Waals surface area contributed by atoms with Gasteiger partial charge in [-0.25, -0.2) is 0 Å². The maximum absolute atomic E-state index is 5.45. The van der Waals surface area contributed by atoms with Gasteiger partial charge in [0.1, 0.15) is 5.75 Å². The number of piperidine rings is 2. The van der Waals surface area contributed by atoms with Crippen molar-refractivity contribution in [2.24, 2.45) is 4.99 Å². The summed E-state index contributed by atoms with van der Waals surface area (Å²) in [4.78, 5) is 9.71. The molecule has 0 atom stereocenters. The number of halogens is 1. The largest absolute Gasteiger partial charge is 0.496 e. The van der Waals surface area contributed by atoms with Crippen LogP contribution in [0.5, 0.6) is 5.75 Å². The Hall–Kier alpha value is -1.06. The molecule has 2 aliphatic rings. The number of guanidine groups is 1. The Morgan fingerprint density at radius 3 is 2.45 bits per heavy atom. The van der Waals surface area contributed by atoms with Gasteiger partial charge in [0.2, 0.25) is 0 Å². The number of hydrogen-bond donors (Lipinski definition) is 2. The second-order valence-corrected chi connectivity index (χ2v) is 8.98. The number of aliphatic imine (C=N–C) groups is 1. The van der Waals surface area contributed by atoms with Crippen LogP contribution in [0.1, 0.15) is 43.2 Å². The molecule has 2 saturated heterocycles. The zero-order valence-corrected chi connectivity index (χ0v) is 22.2. The monoisotopic (exact) mass is 543 g/mol. The molecule has 0 spiro atoms. The highest BCUT2D eigenvalue weighted by atomic mass is 127. The Balaban J connectivity index is 0.00000341. The Morgan fingerprint density at radius 2 is 1.81 bits per heavy atom. The lowest BCUT2D eigenvalue weighted by molar-refractivity contribution is 0.0173. The van der Waals surface area contributed by atoms with Gasteiger partial charge in [-0.3, -0.25) is 9.89 Å². The first kappa shape index (κ1) is 26.2. The van der Waals surface area contributed by atoms with Gasteiger partial charge in [-0.2, -0.15) is 0 Å². The molecule has 0 amide bonds. The van der Waals surface area contributed by atoms with Crippen molar-refractivity contribution in [1.29, 1.82) is 0 Å². The third kappa shape index (κ3) is 7.22. The van der Waals surface area contributed by atoms with E-state index in [9.17, 15) is 0 Å². The molecule has 0 aliphatic carbocycles. The summed E-state index contributed by atoms with van der Waals surface area (Å²) in [6.45, 7) is 8.75. The zero-order valence-electron chi connectivity index (χ0n) is 19.9. The lowest BCUT2D eigenvalue weighted by atomic mass is 9.84. The number of methoxy groups -OCH3 is 1. The van der Waals surface area contributed by atoms with Crippen LogP contribution < -0.4 is 15.4 Å². The van der Waals surface area contributed by atoms with Crippen LogP contribution in [0.3, 0.4) is 0 Å². The maximum atomic E-state index is 5.45. The van der Waals surface area contributed by atoms with Crippen LogP contribution >= 0.6 is 24.0 Å². The van der Waals surface area contributed by atoms with E-state index in [4.69, 9.17) is 4.74 Å². The maximum Gasteiger partial charge on any atom is 0.191 e. The van der Waals surface area contributed by atoms with Crippen molar-refractivity contribution in [1.82, 2.24) is 20.4 Å². The standard InChI is InChI=1S/C24H41N5O.HI/c1-20-8-9-21(18-22(20)30-4)10-13-26-23(25-2)27-19-24(11-16-28(3)17-12-24)29-14-6-5-7-15-29;/h8-9,18H,5-7,10-17,19H2,1-4H3,(H2,25,26,27);1H. The van der Waals surface area contributed by atoms with Gasteiger partial charge in [-0.15, -0.1) is 24.0 Å². The molecule has 31 heavy (non-hydrogen) atoms. The molecule has 0 bridgehead atoms. The minimum Gasteiger partial charge on any atom is -0.496 e. The van der Waals surface area contributed by atoms with Crippen LogP contribution in [-0.4, -0.2) is 81.8 Å². The molecule has 0 unspecified atom stereocenters. The van der Waals surface area contributed by atoms with Gasteiger partial charge < -0.3 is 20.3 Å². The molecule has 1 aromatic rings. The van der Waals surface area contributed by atoms with Crippen molar-refractivity contribution in [3.63, 3.8) is 0 Å². The lowest BCUT2D eigenvalue weighted by Gasteiger charge is -2.50. The van der Waals surface area contributed by atoms with Crippen molar-refractivity contribution in [2.45, 2.75) is 51.0 Å². The predicted octanol–water partition coefficient (Wildman–Crippen LogP) is 3.28. The Kier molecular flexibility index (Phi) is 10.9. The lowest BCUT2D eigenvalue weighted by Crippen LogP contribution is -2.62. The third-order valence-corrected chi connectivity index (χ3v) is 6.93. The summed E-state index contributed by atoms with van der Waals surface area (Å²) in [6, 6.07) is 6.44. The van der Waals surface area contributed by atoms with E-state index in [0.29, 0.717) is 0 Å². The molecule has 2 N–H and O–H groups in total. The Bertz CT molecular complexity index is 697. The van der Waals surface area contributed by atoms with Crippen molar-refractivity contribution in [3.05, 3.63) is 29.3 Å². The van der Waals surface area contributed by atoms with E-state index in [1.807, 2.05) is 7.05 Å². The third-order valence-electron chi connectivity index (χ3n) is 6.93. The topological polar surface area (TPSA) is 52.1 Å². The highest BCUT2D eigenvalue weighted by molar-refractivity contribution is 14.0. The van der Waals surface area contributed by atoms with Gasteiger partial charge in [0.05, 0.1) is 7.11 Å². The molecular formula is C24H42IN5O. The summed E-state index contributed by atoms with van der Waals surface area (Å²) in [7, 11) is 5.85. The molecule has 0 saturated carbocycles. The van der Waals surface area contributed by atoms with Crippen molar-refractivity contribution in [2.75, 3.05) is 60.5 Å². The first-order valence-corrected chi connectivity index (χ1v) is 11.6. The van der Waals surface area contributed by atoms with E-state index < -0.39 is 0 Å². The summed E-state index contributed by atoms with van der Waals surface area (Å²) >= 11 is 0. The van der Waals surface area contributed by atoms with E-state index in [-0.39, 0.29) is 29.5 Å². The Morgan fingerprint density at radius 1 is 1.10 bits per heavy atom. The molecular weight excluding hydrogens is 501 g/mol. The van der Waals surface area contributed by atoms with Crippen LogP contribution in [0, 0.1) is 6.92 Å². The van der Waals surface area contributed by atoms with Crippen LogP contribution in [0.15, 0.2) is 23.2 Å². The SMILES string of the molecule is CN=C(NCCc1ccc(C)c(OC)c1)NCC1(N2CCCCC2)CCN(C)CC1.I. The highest BCUT2D eigenvalue weighted by Gasteiger charge is 2.39. The predicted molar refractivity (Wildman–Crippen MR) is 141 cm³/mol. The zero-order chi connectivity index (χ0) is 21.4. The van der Waals surface area contributed by atoms with Gasteiger partial charge in [-0.1, -0.05) is 18.6 Å². The fourth-order valence-corrected chi connectivity index (χ4v) is 4.82. The molecule has 176 valence electrons. The van der Waals surface area contributed by atoms with Gasteiger partial charge in [0.15, 0.2) is 5.96 Å². The highest BCUT2D eigenvalue weighted by Crippen LogP contribution is 2.30. The van der Waals surface area contributed by atoms with Crippen molar-refractivity contribution >= 4 is 29.9 Å². The summed E-state index contributed by atoms with van der Waals surface area (Å²) in [6.07, 6.45) is 7.47. The number of nitrogens with zero attached hydrogens (tertiary/aromatic N) is 3. The summed E-state index contributed by atoms with van der Waals surface area (Å²) in [5, 5.41) is 7.17. The minimum absolute atomic E-state index is 0. The first-order chi connectivity index (χ1) is 14.6. The fraction of sp³-hybridized carbons (Fsp3) is 0.708. The average molecular weight is 544 g/mol. The molecule has 0 radical (unpaired) electrons. The van der Waals surface area contributed by atoms with Crippen LogP contribution in [-0.2, 0) is 6.42 Å². The van der Waals surface area contributed by atoms with Gasteiger partial charge in [-0.05, 0) is 89.4 Å². The van der Waals surface area contributed by atoms with Gasteiger partial charge >= 0.3 is 0 Å². The van der Waals surface area contributed by atoms with Crippen LogP contribution in [0.2, 0.25) is 0 Å². The first-order valence-electron chi connectivity index (χ1n) is 11.6. The minimum atomic E-state index is 0. The van der Waals surface area contributed by atoms with E-state index >= 15 is 0 Å². The average Bonchev–Trinajstić information content (AvgIpc) is 2.79. The van der Waals surface area contributed by atoms with E-state index in [2.05, 4.69) is 57.6 Å². The number of rotatable bonds is 7. The van der Waals surface area contributed by atoms with E-state index in [1.54, 1.807) is 7.11 Å². The molecule has 7 heteroatoms. The summed E-state index contributed by atoms with van der Waals surface area (Å²) in [5.74, 6) is 1.87.